The van der Waals surface area contributed by atoms with Crippen LogP contribution in [0.1, 0.15) is 50.9 Å². The quantitative estimate of drug-likeness (QED) is 0.729. The molecule has 1 aromatic heterocycles. The van der Waals surface area contributed by atoms with E-state index in [0.29, 0.717) is 11.7 Å². The van der Waals surface area contributed by atoms with Crippen molar-refractivity contribution in [2.75, 3.05) is 0 Å². The van der Waals surface area contributed by atoms with E-state index in [9.17, 15) is 4.79 Å². The zero-order chi connectivity index (χ0) is 16.8. The lowest BCUT2D eigenvalue weighted by Gasteiger charge is -2.10. The van der Waals surface area contributed by atoms with Crippen LogP contribution in [-0.4, -0.2) is 22.2 Å². The normalized spacial score (nSPS) is 11.0. The van der Waals surface area contributed by atoms with Gasteiger partial charge in [-0.2, -0.15) is 4.98 Å². The van der Waals surface area contributed by atoms with E-state index < -0.39 is 0 Å². The molecule has 0 saturated carbocycles. The van der Waals surface area contributed by atoms with Crippen LogP contribution < -0.4 is 4.74 Å². The van der Waals surface area contributed by atoms with Crippen LogP contribution in [0.2, 0.25) is 0 Å². The zero-order valence-electron chi connectivity index (χ0n) is 13.9. The van der Waals surface area contributed by atoms with Gasteiger partial charge in [-0.3, -0.25) is 4.79 Å². The highest BCUT2D eigenvalue weighted by molar-refractivity contribution is 5.72. The number of ether oxygens (including phenoxy) is 2. The van der Waals surface area contributed by atoms with Gasteiger partial charge >= 0.3 is 5.97 Å². The Kier molecular flexibility index (Phi) is 5.73. The number of aromatic nitrogens is 2. The molecular weight excluding hydrogens is 296 g/mol. The van der Waals surface area contributed by atoms with E-state index >= 15 is 0 Å². The van der Waals surface area contributed by atoms with Crippen molar-refractivity contribution in [2.24, 2.45) is 0 Å². The molecule has 0 aliphatic rings. The lowest BCUT2D eigenvalue weighted by Crippen LogP contribution is -2.09. The van der Waals surface area contributed by atoms with Gasteiger partial charge in [0.1, 0.15) is 5.75 Å². The van der Waals surface area contributed by atoms with Gasteiger partial charge in [-0.25, -0.2) is 0 Å². The Labute approximate surface area is 135 Å². The molecule has 0 fully saturated rings. The largest absolute Gasteiger partial charge is 0.491 e. The summed E-state index contributed by atoms with van der Waals surface area (Å²) in [5.74, 6) is 1.46. The van der Waals surface area contributed by atoms with Gasteiger partial charge in [0.2, 0.25) is 11.7 Å². The third-order valence-electron chi connectivity index (χ3n) is 2.96. The second kappa shape index (κ2) is 7.76. The van der Waals surface area contributed by atoms with Gasteiger partial charge in [0.15, 0.2) is 6.61 Å². The summed E-state index contributed by atoms with van der Waals surface area (Å²) < 4.78 is 15.8. The van der Waals surface area contributed by atoms with Gasteiger partial charge in [0.05, 0.1) is 12.5 Å². The molecule has 2 rings (SSSR count). The van der Waals surface area contributed by atoms with E-state index in [-0.39, 0.29) is 31.0 Å². The van der Waals surface area contributed by atoms with Crippen molar-refractivity contribution in [3.63, 3.8) is 0 Å². The molecular formula is C17H22N2O4. The SMILES string of the molecule is CC(C)Oc1cccc(CC(=O)OCc2noc(C(C)C)n2)c1. The summed E-state index contributed by atoms with van der Waals surface area (Å²) >= 11 is 0. The van der Waals surface area contributed by atoms with Crippen LogP contribution in [0.25, 0.3) is 0 Å². The minimum atomic E-state index is -0.345. The van der Waals surface area contributed by atoms with E-state index in [2.05, 4.69) is 10.1 Å². The fraction of sp³-hybridized carbons (Fsp3) is 0.471. The van der Waals surface area contributed by atoms with Gasteiger partial charge in [-0.05, 0) is 31.5 Å². The Morgan fingerprint density at radius 3 is 2.70 bits per heavy atom. The maximum atomic E-state index is 11.9. The van der Waals surface area contributed by atoms with Gasteiger partial charge in [-0.15, -0.1) is 0 Å². The third-order valence-corrected chi connectivity index (χ3v) is 2.96. The average molecular weight is 318 g/mol. The van der Waals surface area contributed by atoms with Gasteiger partial charge < -0.3 is 14.0 Å². The predicted molar refractivity (Wildman–Crippen MR) is 84.1 cm³/mol. The van der Waals surface area contributed by atoms with Crippen LogP contribution in [-0.2, 0) is 22.6 Å². The van der Waals surface area contributed by atoms with Crippen LogP contribution in [0.15, 0.2) is 28.8 Å². The highest BCUT2D eigenvalue weighted by Crippen LogP contribution is 2.16. The zero-order valence-corrected chi connectivity index (χ0v) is 13.9. The molecule has 0 bridgehead atoms. The fourth-order valence-electron chi connectivity index (χ4n) is 1.92. The number of hydrogen-bond donors (Lipinski definition) is 0. The van der Waals surface area contributed by atoms with Crippen LogP contribution in [0, 0.1) is 0 Å². The van der Waals surface area contributed by atoms with Crippen molar-refractivity contribution in [2.45, 2.75) is 52.7 Å². The van der Waals surface area contributed by atoms with E-state index in [4.69, 9.17) is 14.0 Å². The maximum Gasteiger partial charge on any atom is 0.310 e. The molecule has 0 atom stereocenters. The smallest absolute Gasteiger partial charge is 0.310 e. The molecule has 0 aliphatic carbocycles. The summed E-state index contributed by atoms with van der Waals surface area (Å²) in [5.41, 5.74) is 0.837. The molecule has 0 saturated heterocycles. The monoisotopic (exact) mass is 318 g/mol. The van der Waals surface area contributed by atoms with Crippen molar-refractivity contribution in [3.8, 4) is 5.75 Å². The Balaban J connectivity index is 1.86. The van der Waals surface area contributed by atoms with Crippen LogP contribution in [0.4, 0.5) is 0 Å². The minimum absolute atomic E-state index is 0.0111. The van der Waals surface area contributed by atoms with Crippen molar-refractivity contribution < 1.29 is 18.8 Å². The molecule has 0 N–H and O–H groups in total. The van der Waals surface area contributed by atoms with Crippen molar-refractivity contribution in [1.82, 2.24) is 10.1 Å². The Morgan fingerprint density at radius 1 is 1.26 bits per heavy atom. The predicted octanol–water partition coefficient (Wildman–Crippen LogP) is 3.27. The van der Waals surface area contributed by atoms with E-state index in [1.165, 1.54) is 0 Å². The summed E-state index contributed by atoms with van der Waals surface area (Å²) in [6.45, 7) is 7.83. The Hall–Kier alpha value is -2.37. The summed E-state index contributed by atoms with van der Waals surface area (Å²) in [6.07, 6.45) is 0.259. The molecule has 0 unspecified atom stereocenters. The van der Waals surface area contributed by atoms with E-state index in [0.717, 1.165) is 11.3 Å². The lowest BCUT2D eigenvalue weighted by molar-refractivity contribution is -0.144. The fourth-order valence-corrected chi connectivity index (χ4v) is 1.92. The first kappa shape index (κ1) is 17.0. The molecule has 0 radical (unpaired) electrons. The van der Waals surface area contributed by atoms with E-state index in [1.807, 2.05) is 52.0 Å². The minimum Gasteiger partial charge on any atom is -0.491 e. The molecule has 0 aliphatic heterocycles. The standard InChI is InChI=1S/C17H22N2O4/c1-11(2)17-18-15(19-23-17)10-21-16(20)9-13-6-5-7-14(8-13)22-12(3)4/h5-8,11-12H,9-10H2,1-4H3. The summed E-state index contributed by atoms with van der Waals surface area (Å²) in [4.78, 5) is 16.1. The molecule has 6 heteroatoms. The number of carbonyl (C=O) groups is 1. The van der Waals surface area contributed by atoms with Crippen LogP contribution >= 0.6 is 0 Å². The number of esters is 1. The van der Waals surface area contributed by atoms with Crippen molar-refractivity contribution in [3.05, 3.63) is 41.5 Å². The highest BCUT2D eigenvalue weighted by atomic mass is 16.5. The first-order valence-electron chi connectivity index (χ1n) is 7.67. The molecule has 23 heavy (non-hydrogen) atoms. The number of benzene rings is 1. The molecule has 0 spiro atoms. The first-order chi connectivity index (χ1) is 10.9. The lowest BCUT2D eigenvalue weighted by atomic mass is 10.1. The van der Waals surface area contributed by atoms with E-state index in [1.54, 1.807) is 0 Å². The number of nitrogens with zero attached hydrogens (tertiary/aromatic N) is 2. The molecule has 124 valence electrons. The second-order valence-electron chi connectivity index (χ2n) is 5.86. The van der Waals surface area contributed by atoms with Crippen molar-refractivity contribution in [1.29, 1.82) is 0 Å². The number of hydrogen-bond acceptors (Lipinski definition) is 6. The van der Waals surface area contributed by atoms with Gasteiger partial charge in [0.25, 0.3) is 0 Å². The Bertz CT molecular complexity index is 650. The average Bonchev–Trinajstić information content (AvgIpc) is 2.94. The van der Waals surface area contributed by atoms with Gasteiger partial charge in [-0.1, -0.05) is 31.1 Å². The second-order valence-corrected chi connectivity index (χ2v) is 5.86. The topological polar surface area (TPSA) is 74.5 Å². The maximum absolute atomic E-state index is 11.9. The molecule has 2 aromatic rings. The molecule has 1 heterocycles. The summed E-state index contributed by atoms with van der Waals surface area (Å²) in [7, 11) is 0. The molecule has 1 aromatic carbocycles. The summed E-state index contributed by atoms with van der Waals surface area (Å²) in [6, 6.07) is 7.42. The molecule has 0 amide bonds. The van der Waals surface area contributed by atoms with Crippen molar-refractivity contribution >= 4 is 5.97 Å². The number of rotatable bonds is 7. The highest BCUT2D eigenvalue weighted by Gasteiger charge is 2.12. The molecule has 6 nitrogen and oxygen atoms in total. The Morgan fingerprint density at radius 2 is 2.04 bits per heavy atom. The summed E-state index contributed by atoms with van der Waals surface area (Å²) in [5, 5.41) is 3.78. The number of carbonyl (C=O) groups excluding carboxylic acids is 1. The first-order valence-corrected chi connectivity index (χ1v) is 7.67. The third kappa shape index (κ3) is 5.39. The van der Waals surface area contributed by atoms with Gasteiger partial charge in [0, 0.05) is 5.92 Å². The van der Waals surface area contributed by atoms with Crippen LogP contribution in [0.3, 0.4) is 0 Å². The van der Waals surface area contributed by atoms with Crippen LogP contribution in [0.5, 0.6) is 5.75 Å².